The van der Waals surface area contributed by atoms with E-state index in [0.717, 1.165) is 50.7 Å². The molecular weight excluding hydrogens is 733 g/mol. The zero-order valence-electron chi connectivity index (χ0n) is 32.7. The van der Waals surface area contributed by atoms with Crippen LogP contribution in [0.5, 0.6) is 0 Å². The molecule has 7 rings (SSSR count). The van der Waals surface area contributed by atoms with Gasteiger partial charge in [0, 0.05) is 65.2 Å². The molecule has 1 heterocycles. The monoisotopic (exact) mass is 778 g/mol. The Hall–Kier alpha value is -6.03. The van der Waals surface area contributed by atoms with Crippen molar-refractivity contribution in [2.24, 2.45) is 0 Å². The average molecular weight is 779 g/mol. The second kappa shape index (κ2) is 17.0. The van der Waals surface area contributed by atoms with Gasteiger partial charge in [0.15, 0.2) is 0 Å². The van der Waals surface area contributed by atoms with Crippen LogP contribution in [0.25, 0.3) is 11.1 Å². The summed E-state index contributed by atoms with van der Waals surface area (Å²) in [4.78, 5) is 28.4. The van der Waals surface area contributed by atoms with E-state index >= 15 is 0 Å². The van der Waals surface area contributed by atoms with Crippen molar-refractivity contribution in [2.75, 3.05) is 30.1 Å². The molecule has 290 valence electrons. The van der Waals surface area contributed by atoms with E-state index in [1.165, 1.54) is 0 Å². The summed E-state index contributed by atoms with van der Waals surface area (Å²) in [6.07, 6.45) is 1.93. The summed E-state index contributed by atoms with van der Waals surface area (Å²) < 4.78 is 39.3. The largest absolute Gasteiger partial charge is 0.463 e. The highest BCUT2D eigenvalue weighted by atomic mass is 32.2. The number of carbonyl (C=O) groups is 2. The van der Waals surface area contributed by atoms with Crippen LogP contribution in [-0.4, -0.2) is 40.5 Å². The Morgan fingerprint density at radius 2 is 0.912 bits per heavy atom. The molecule has 6 aromatic carbocycles. The number of methoxy groups -OCH3 is 1. The number of hydrogen-bond donors (Lipinski definition) is 0. The van der Waals surface area contributed by atoms with Crippen molar-refractivity contribution < 1.29 is 27.5 Å². The van der Waals surface area contributed by atoms with Crippen molar-refractivity contribution in [3.8, 4) is 11.1 Å². The van der Waals surface area contributed by atoms with Gasteiger partial charge in [0.25, 0.3) is 0 Å². The second-order valence-corrected chi connectivity index (χ2v) is 16.3. The van der Waals surface area contributed by atoms with E-state index < -0.39 is 9.84 Å². The number of benzene rings is 6. The standard InChI is InChI=1S/C48H46N2O6S/c1-33-5-16-38(17-6-33)49(40-20-11-36(12-21-40)10-9-35(3)51)42-24-26-44-45-27-25-43(32-47(45)57(53,54)46(44)31-42)50(39-18-7-34(2)8-19-39)41-22-13-37(14-23-41)15-28-48(52)56-30-29-55-4/h5-8,11-14,16-27,31-32H,9-10,15,28-30H2,1-4H3. The molecule has 0 aromatic heterocycles. The van der Waals surface area contributed by atoms with E-state index in [0.29, 0.717) is 42.7 Å². The van der Waals surface area contributed by atoms with Crippen molar-refractivity contribution in [3.05, 3.63) is 156 Å². The van der Waals surface area contributed by atoms with Crippen LogP contribution in [0.4, 0.5) is 34.1 Å². The summed E-state index contributed by atoms with van der Waals surface area (Å²) in [6, 6.07) is 43.6. The summed E-state index contributed by atoms with van der Waals surface area (Å²) in [7, 11) is -2.34. The molecule has 8 nitrogen and oxygen atoms in total. The molecule has 57 heavy (non-hydrogen) atoms. The molecule has 0 spiro atoms. The highest BCUT2D eigenvalue weighted by Crippen LogP contribution is 2.48. The molecule has 1 aliphatic heterocycles. The molecule has 0 aliphatic carbocycles. The molecule has 0 atom stereocenters. The first-order valence-electron chi connectivity index (χ1n) is 19.1. The summed E-state index contributed by atoms with van der Waals surface area (Å²) in [5, 5.41) is 0. The number of hydrogen-bond acceptors (Lipinski definition) is 8. The van der Waals surface area contributed by atoms with Crippen LogP contribution in [0.3, 0.4) is 0 Å². The summed E-state index contributed by atoms with van der Waals surface area (Å²) in [6.45, 7) is 6.26. The number of rotatable bonds is 15. The SMILES string of the molecule is COCCOC(=O)CCc1ccc(N(c2ccc(C)cc2)c2ccc3c(c2)S(=O)(=O)c2cc(N(c4ccc(C)cc4)c4ccc(CCC(C)=O)cc4)ccc2-3)cc1. The first-order valence-corrected chi connectivity index (χ1v) is 20.6. The van der Waals surface area contributed by atoms with E-state index in [4.69, 9.17) is 9.47 Å². The predicted octanol–water partition coefficient (Wildman–Crippen LogP) is 10.7. The Morgan fingerprint density at radius 1 is 0.526 bits per heavy atom. The molecule has 0 unspecified atom stereocenters. The summed E-state index contributed by atoms with van der Waals surface area (Å²) in [5.41, 5.74) is 10.5. The fourth-order valence-corrected chi connectivity index (χ4v) is 8.82. The van der Waals surface area contributed by atoms with Gasteiger partial charge in [0.05, 0.1) is 16.4 Å². The van der Waals surface area contributed by atoms with E-state index in [1.54, 1.807) is 26.2 Å². The van der Waals surface area contributed by atoms with Gasteiger partial charge in [-0.05, 0) is 118 Å². The quantitative estimate of drug-likeness (QED) is 0.0750. The van der Waals surface area contributed by atoms with Crippen molar-refractivity contribution in [1.29, 1.82) is 0 Å². The first-order chi connectivity index (χ1) is 27.5. The molecule has 6 aromatic rings. The number of sulfone groups is 1. The molecule has 0 fully saturated rings. The highest BCUT2D eigenvalue weighted by Gasteiger charge is 2.35. The zero-order valence-corrected chi connectivity index (χ0v) is 33.5. The second-order valence-electron chi connectivity index (χ2n) is 14.5. The van der Waals surface area contributed by atoms with E-state index in [9.17, 15) is 18.0 Å². The minimum absolute atomic E-state index is 0.149. The van der Waals surface area contributed by atoms with E-state index in [2.05, 4.69) is 4.90 Å². The van der Waals surface area contributed by atoms with E-state index in [-0.39, 0.29) is 34.6 Å². The number of ether oxygens (including phenoxy) is 2. The molecule has 9 heteroatoms. The van der Waals surface area contributed by atoms with Crippen LogP contribution >= 0.6 is 0 Å². The molecule has 0 radical (unpaired) electrons. The zero-order chi connectivity index (χ0) is 40.1. The van der Waals surface area contributed by atoms with Crippen molar-refractivity contribution >= 4 is 55.7 Å². The molecule has 0 N–H and O–H groups in total. The Bertz CT molecular complexity index is 2500. The molecule has 0 saturated carbocycles. The van der Waals surface area contributed by atoms with Gasteiger partial charge in [0.1, 0.15) is 12.4 Å². The Balaban J connectivity index is 1.22. The maximum absolute atomic E-state index is 14.6. The number of Topliss-reactive ketones (excluding diaryl/α,β-unsaturated/α-hetero) is 1. The van der Waals surface area contributed by atoms with Crippen LogP contribution < -0.4 is 9.80 Å². The van der Waals surface area contributed by atoms with Gasteiger partial charge in [-0.1, -0.05) is 71.8 Å². The fourth-order valence-electron chi connectivity index (χ4n) is 7.09. The summed E-state index contributed by atoms with van der Waals surface area (Å²) in [5.74, 6) is -0.125. The number of ketones is 1. The summed E-state index contributed by atoms with van der Waals surface area (Å²) >= 11 is 0. The van der Waals surface area contributed by atoms with Crippen LogP contribution in [0, 0.1) is 13.8 Å². The minimum Gasteiger partial charge on any atom is -0.463 e. The molecular formula is C48H46N2O6S. The number of anilines is 6. The maximum Gasteiger partial charge on any atom is 0.306 e. The highest BCUT2D eigenvalue weighted by molar-refractivity contribution is 7.92. The van der Waals surface area contributed by atoms with E-state index in [1.807, 2.05) is 140 Å². The molecule has 1 aliphatic rings. The number of carbonyl (C=O) groups excluding carboxylic acids is 2. The van der Waals surface area contributed by atoms with Gasteiger partial charge in [0.2, 0.25) is 9.84 Å². The third-order valence-corrected chi connectivity index (χ3v) is 12.1. The van der Waals surface area contributed by atoms with Crippen LogP contribution in [0.2, 0.25) is 0 Å². The Kier molecular flexibility index (Phi) is 11.7. The Morgan fingerprint density at radius 3 is 1.32 bits per heavy atom. The molecule has 0 bridgehead atoms. The molecule has 0 amide bonds. The lowest BCUT2D eigenvalue weighted by molar-refractivity contribution is -0.144. The normalized spacial score (nSPS) is 12.4. The van der Waals surface area contributed by atoms with Crippen LogP contribution in [0.1, 0.15) is 42.0 Å². The topological polar surface area (TPSA) is 93.2 Å². The Labute approximate surface area is 335 Å². The van der Waals surface area contributed by atoms with Crippen LogP contribution in [-0.2, 0) is 41.7 Å². The smallest absolute Gasteiger partial charge is 0.306 e. The van der Waals surface area contributed by atoms with Gasteiger partial charge in [-0.2, -0.15) is 0 Å². The third kappa shape index (κ3) is 8.70. The maximum atomic E-state index is 14.6. The van der Waals surface area contributed by atoms with Crippen molar-refractivity contribution in [2.45, 2.75) is 56.2 Å². The number of esters is 1. The predicted molar refractivity (Wildman–Crippen MR) is 226 cm³/mol. The fraction of sp³-hybridized carbons (Fsp3) is 0.208. The van der Waals surface area contributed by atoms with Gasteiger partial charge in [-0.3, -0.25) is 4.79 Å². The minimum atomic E-state index is -3.91. The molecule has 0 saturated heterocycles. The number of nitrogens with zero attached hydrogens (tertiary/aromatic N) is 2. The average Bonchev–Trinajstić information content (AvgIpc) is 3.44. The number of fused-ring (bicyclic) bond motifs is 3. The number of aryl methyl sites for hydroxylation is 4. The van der Waals surface area contributed by atoms with Gasteiger partial charge >= 0.3 is 5.97 Å². The van der Waals surface area contributed by atoms with Gasteiger partial charge < -0.3 is 24.1 Å². The lowest BCUT2D eigenvalue weighted by Gasteiger charge is -2.26. The lowest BCUT2D eigenvalue weighted by Crippen LogP contribution is -2.12. The third-order valence-electron chi connectivity index (χ3n) is 10.2. The van der Waals surface area contributed by atoms with Gasteiger partial charge in [-0.15, -0.1) is 0 Å². The van der Waals surface area contributed by atoms with Crippen molar-refractivity contribution in [3.63, 3.8) is 0 Å². The van der Waals surface area contributed by atoms with Crippen LogP contribution in [0.15, 0.2) is 143 Å². The lowest BCUT2D eigenvalue weighted by atomic mass is 10.0. The van der Waals surface area contributed by atoms with Crippen molar-refractivity contribution in [1.82, 2.24) is 0 Å². The van der Waals surface area contributed by atoms with Gasteiger partial charge in [-0.25, -0.2) is 8.42 Å². The first kappa shape index (κ1) is 39.2.